The lowest BCUT2D eigenvalue weighted by Crippen LogP contribution is -2.53. The molecule has 6 heteroatoms. The van der Waals surface area contributed by atoms with Gasteiger partial charge in [-0.3, -0.25) is 4.79 Å². The van der Waals surface area contributed by atoms with Gasteiger partial charge in [0.25, 0.3) is 0 Å². The van der Waals surface area contributed by atoms with Crippen molar-refractivity contribution in [2.24, 2.45) is 5.92 Å². The fourth-order valence-electron chi connectivity index (χ4n) is 3.26. The zero-order chi connectivity index (χ0) is 15.3. The third kappa shape index (κ3) is 5.16. The van der Waals surface area contributed by atoms with Gasteiger partial charge in [0.05, 0.1) is 12.0 Å². The van der Waals surface area contributed by atoms with Crippen LogP contribution in [0.2, 0.25) is 0 Å². The maximum Gasteiger partial charge on any atom is 0.393 e. The second kappa shape index (κ2) is 7.47. The van der Waals surface area contributed by atoms with Crippen LogP contribution in [0.3, 0.4) is 0 Å². The molecule has 21 heavy (non-hydrogen) atoms. The molecule has 2 rings (SSSR count). The SMILES string of the molecule is O=C(NC1CCCCCCC1)C1CCC(C(F)(F)F)CN1. The van der Waals surface area contributed by atoms with Crippen molar-refractivity contribution in [3.8, 4) is 0 Å². The van der Waals surface area contributed by atoms with Crippen LogP contribution in [0, 0.1) is 5.92 Å². The lowest BCUT2D eigenvalue weighted by molar-refractivity contribution is -0.180. The van der Waals surface area contributed by atoms with E-state index in [0.717, 1.165) is 25.7 Å². The fourth-order valence-corrected chi connectivity index (χ4v) is 3.26. The summed E-state index contributed by atoms with van der Waals surface area (Å²) in [6.07, 6.45) is 4.06. The van der Waals surface area contributed by atoms with Crippen LogP contribution < -0.4 is 10.6 Å². The Morgan fingerprint density at radius 2 is 1.57 bits per heavy atom. The minimum Gasteiger partial charge on any atom is -0.352 e. The molecule has 2 atom stereocenters. The number of hydrogen-bond acceptors (Lipinski definition) is 2. The maximum absolute atomic E-state index is 12.6. The molecule has 0 aromatic carbocycles. The fraction of sp³-hybridized carbons (Fsp3) is 0.933. The molecule has 1 aliphatic heterocycles. The average molecular weight is 306 g/mol. The zero-order valence-electron chi connectivity index (χ0n) is 12.3. The van der Waals surface area contributed by atoms with E-state index in [2.05, 4.69) is 10.6 Å². The van der Waals surface area contributed by atoms with E-state index in [-0.39, 0.29) is 31.3 Å². The highest BCUT2D eigenvalue weighted by Gasteiger charge is 2.42. The Hall–Kier alpha value is -0.780. The van der Waals surface area contributed by atoms with Gasteiger partial charge in [-0.25, -0.2) is 0 Å². The predicted molar refractivity (Wildman–Crippen MR) is 74.8 cm³/mol. The molecule has 0 bridgehead atoms. The molecule has 1 heterocycles. The molecule has 0 spiro atoms. The Morgan fingerprint density at radius 1 is 0.952 bits per heavy atom. The zero-order valence-corrected chi connectivity index (χ0v) is 12.3. The van der Waals surface area contributed by atoms with E-state index in [0.29, 0.717) is 0 Å². The lowest BCUT2D eigenvalue weighted by Gasteiger charge is -2.31. The van der Waals surface area contributed by atoms with Crippen LogP contribution in [0.5, 0.6) is 0 Å². The van der Waals surface area contributed by atoms with E-state index in [1.165, 1.54) is 19.3 Å². The third-order valence-corrected chi connectivity index (χ3v) is 4.65. The monoisotopic (exact) mass is 306 g/mol. The molecule has 0 aromatic rings. The van der Waals surface area contributed by atoms with Gasteiger partial charge in [0.15, 0.2) is 0 Å². The Kier molecular flexibility index (Phi) is 5.90. The van der Waals surface area contributed by atoms with Crippen molar-refractivity contribution in [2.45, 2.75) is 76.0 Å². The molecular formula is C15H25F3N2O. The second-order valence-electron chi connectivity index (χ2n) is 6.33. The van der Waals surface area contributed by atoms with Crippen molar-refractivity contribution in [3.63, 3.8) is 0 Å². The van der Waals surface area contributed by atoms with Crippen LogP contribution in [0.25, 0.3) is 0 Å². The van der Waals surface area contributed by atoms with Crippen molar-refractivity contribution in [1.82, 2.24) is 10.6 Å². The molecule has 2 fully saturated rings. The van der Waals surface area contributed by atoms with Gasteiger partial charge in [-0.15, -0.1) is 0 Å². The standard InChI is InChI=1S/C15H25F3N2O/c16-15(17,18)11-8-9-13(19-10-11)14(21)20-12-6-4-2-1-3-5-7-12/h11-13,19H,1-10H2,(H,20,21). The Bertz CT molecular complexity index is 330. The molecule has 122 valence electrons. The summed E-state index contributed by atoms with van der Waals surface area (Å²) in [7, 11) is 0. The highest BCUT2D eigenvalue weighted by Crippen LogP contribution is 2.32. The molecule has 1 amide bonds. The molecule has 1 saturated heterocycles. The summed E-state index contributed by atoms with van der Waals surface area (Å²) in [4.78, 5) is 12.2. The summed E-state index contributed by atoms with van der Waals surface area (Å²) in [6, 6.07) is -0.269. The van der Waals surface area contributed by atoms with Crippen molar-refractivity contribution >= 4 is 5.91 Å². The van der Waals surface area contributed by atoms with Crippen LogP contribution in [0.15, 0.2) is 0 Å². The quantitative estimate of drug-likeness (QED) is 0.823. The number of carbonyl (C=O) groups is 1. The van der Waals surface area contributed by atoms with Crippen LogP contribution in [-0.4, -0.2) is 30.7 Å². The topological polar surface area (TPSA) is 41.1 Å². The lowest BCUT2D eigenvalue weighted by atomic mass is 9.93. The summed E-state index contributed by atoms with van der Waals surface area (Å²) in [5.41, 5.74) is 0. The molecule has 1 aliphatic carbocycles. The van der Waals surface area contributed by atoms with Gasteiger partial charge in [0.2, 0.25) is 5.91 Å². The number of alkyl halides is 3. The number of nitrogens with one attached hydrogen (secondary N) is 2. The number of hydrogen-bond donors (Lipinski definition) is 2. The molecular weight excluding hydrogens is 281 g/mol. The number of halogens is 3. The smallest absolute Gasteiger partial charge is 0.352 e. The van der Waals surface area contributed by atoms with Gasteiger partial charge in [-0.2, -0.15) is 13.2 Å². The second-order valence-corrected chi connectivity index (χ2v) is 6.33. The van der Waals surface area contributed by atoms with Crippen LogP contribution >= 0.6 is 0 Å². The van der Waals surface area contributed by atoms with Gasteiger partial charge in [0, 0.05) is 12.6 Å². The highest BCUT2D eigenvalue weighted by atomic mass is 19.4. The van der Waals surface area contributed by atoms with Crippen LogP contribution in [-0.2, 0) is 4.79 Å². The summed E-state index contributed by atoms with van der Waals surface area (Å²) >= 11 is 0. The van der Waals surface area contributed by atoms with Crippen molar-refractivity contribution in [1.29, 1.82) is 0 Å². The average Bonchev–Trinajstić information content (AvgIpc) is 2.41. The summed E-state index contributed by atoms with van der Waals surface area (Å²) < 4.78 is 37.8. The van der Waals surface area contributed by atoms with Crippen molar-refractivity contribution in [2.75, 3.05) is 6.54 Å². The van der Waals surface area contributed by atoms with E-state index < -0.39 is 18.1 Å². The molecule has 3 nitrogen and oxygen atoms in total. The Labute approximate surface area is 124 Å². The minimum atomic E-state index is -4.16. The summed E-state index contributed by atoms with van der Waals surface area (Å²) in [5, 5.41) is 5.79. The van der Waals surface area contributed by atoms with Crippen LogP contribution in [0.1, 0.15) is 57.8 Å². The van der Waals surface area contributed by atoms with Gasteiger partial charge in [-0.1, -0.05) is 32.1 Å². The number of amides is 1. The number of carbonyl (C=O) groups excluding carboxylic acids is 1. The first-order valence-electron chi connectivity index (χ1n) is 8.07. The summed E-state index contributed by atoms with van der Waals surface area (Å²) in [6.45, 7) is -0.147. The largest absolute Gasteiger partial charge is 0.393 e. The van der Waals surface area contributed by atoms with Crippen molar-refractivity contribution in [3.05, 3.63) is 0 Å². The molecule has 2 N–H and O–H groups in total. The Morgan fingerprint density at radius 3 is 2.10 bits per heavy atom. The van der Waals surface area contributed by atoms with E-state index >= 15 is 0 Å². The maximum atomic E-state index is 12.6. The number of piperidine rings is 1. The van der Waals surface area contributed by atoms with Gasteiger partial charge in [0.1, 0.15) is 0 Å². The Balaban J connectivity index is 1.76. The first-order valence-corrected chi connectivity index (χ1v) is 8.07. The summed E-state index contributed by atoms with van der Waals surface area (Å²) in [5.74, 6) is -1.44. The first kappa shape index (κ1) is 16.6. The number of rotatable bonds is 2. The molecule has 1 saturated carbocycles. The van der Waals surface area contributed by atoms with E-state index in [9.17, 15) is 18.0 Å². The molecule has 0 aromatic heterocycles. The molecule has 0 radical (unpaired) electrons. The molecule has 2 aliphatic rings. The van der Waals surface area contributed by atoms with Gasteiger partial charge >= 0.3 is 6.18 Å². The van der Waals surface area contributed by atoms with E-state index in [1.807, 2.05) is 0 Å². The van der Waals surface area contributed by atoms with Crippen LogP contribution in [0.4, 0.5) is 13.2 Å². The minimum absolute atomic E-state index is 0.0409. The third-order valence-electron chi connectivity index (χ3n) is 4.65. The predicted octanol–water partition coefficient (Wildman–Crippen LogP) is 3.15. The molecule has 2 unspecified atom stereocenters. The van der Waals surface area contributed by atoms with Gasteiger partial charge < -0.3 is 10.6 Å². The normalized spacial score (nSPS) is 29.5. The first-order chi connectivity index (χ1) is 9.97. The van der Waals surface area contributed by atoms with E-state index in [4.69, 9.17) is 0 Å². The van der Waals surface area contributed by atoms with Gasteiger partial charge in [-0.05, 0) is 25.7 Å². The highest BCUT2D eigenvalue weighted by molar-refractivity contribution is 5.82. The van der Waals surface area contributed by atoms with Crippen molar-refractivity contribution < 1.29 is 18.0 Å². The van der Waals surface area contributed by atoms with E-state index in [1.54, 1.807) is 0 Å².